The van der Waals surface area contributed by atoms with Crippen LogP contribution < -0.4 is 5.73 Å². The number of carbonyl (C=O) groups excluding carboxylic acids is 1. The molecule has 0 saturated heterocycles. The van der Waals surface area contributed by atoms with Crippen LogP contribution in [0.2, 0.25) is 0 Å². The summed E-state index contributed by atoms with van der Waals surface area (Å²) in [7, 11) is 1.59. The lowest BCUT2D eigenvalue weighted by atomic mass is 10.5. The molecule has 0 unspecified atom stereocenters. The second-order valence-corrected chi connectivity index (χ2v) is 2.33. The lowest BCUT2D eigenvalue weighted by Gasteiger charge is -2.12. The number of amides is 2. The molecule has 0 rings (SSSR count). The van der Waals surface area contributed by atoms with E-state index in [0.717, 1.165) is 0 Å². The van der Waals surface area contributed by atoms with Crippen molar-refractivity contribution >= 4 is 11.9 Å². The lowest BCUT2D eigenvalue weighted by Crippen LogP contribution is -2.23. The number of amidine groups is 1. The lowest BCUT2D eigenvalue weighted by molar-refractivity contribution is 0.229. The number of hydrogen-bond acceptors (Lipinski definition) is 1. The van der Waals surface area contributed by atoms with Gasteiger partial charge in [-0.05, 0) is 13.8 Å². The Hall–Kier alpha value is -1.32. The minimum atomic E-state index is -0.391. The van der Waals surface area contributed by atoms with E-state index in [1.165, 1.54) is 4.90 Å². The summed E-state index contributed by atoms with van der Waals surface area (Å²) in [4.78, 5) is 15.8. The fraction of sp³-hybridized carbons (Fsp3) is 0.429. The van der Waals surface area contributed by atoms with Gasteiger partial charge in [-0.15, -0.1) is 0 Å². The predicted molar refractivity (Wildman–Crippen MR) is 45.3 cm³/mol. The molecule has 0 heterocycles. The molecule has 0 aliphatic heterocycles. The van der Waals surface area contributed by atoms with Crippen molar-refractivity contribution < 1.29 is 4.79 Å². The van der Waals surface area contributed by atoms with Gasteiger partial charge in [0, 0.05) is 12.7 Å². The van der Waals surface area contributed by atoms with Gasteiger partial charge in [-0.25, -0.2) is 4.79 Å². The third-order valence-electron chi connectivity index (χ3n) is 1.13. The first kappa shape index (κ1) is 9.68. The van der Waals surface area contributed by atoms with E-state index in [1.54, 1.807) is 20.9 Å². The van der Waals surface area contributed by atoms with Crippen LogP contribution >= 0.6 is 0 Å². The van der Waals surface area contributed by atoms with Crippen LogP contribution in [0.1, 0.15) is 13.8 Å². The van der Waals surface area contributed by atoms with Gasteiger partial charge < -0.3 is 10.6 Å². The second-order valence-electron chi connectivity index (χ2n) is 2.33. The average Bonchev–Trinajstić information content (AvgIpc) is 1.84. The molecule has 0 saturated carbocycles. The van der Waals surface area contributed by atoms with E-state index in [-0.39, 0.29) is 5.84 Å². The quantitative estimate of drug-likeness (QED) is 0.452. The molecule has 4 nitrogen and oxygen atoms in total. The fourth-order valence-electron chi connectivity index (χ4n) is 0.389. The van der Waals surface area contributed by atoms with Crippen molar-refractivity contribution in [3.63, 3.8) is 0 Å². The number of urea groups is 1. The third kappa shape index (κ3) is 3.40. The van der Waals surface area contributed by atoms with Crippen LogP contribution in [0.25, 0.3) is 0 Å². The molecule has 0 aliphatic carbocycles. The first-order chi connectivity index (χ1) is 4.95. The van der Waals surface area contributed by atoms with Crippen LogP contribution in [0.5, 0.6) is 0 Å². The molecule has 0 fully saturated rings. The first-order valence-electron chi connectivity index (χ1n) is 3.19. The molecule has 0 radical (unpaired) electrons. The third-order valence-corrected chi connectivity index (χ3v) is 1.13. The van der Waals surface area contributed by atoms with Crippen LogP contribution in [0.15, 0.2) is 17.3 Å². The highest BCUT2D eigenvalue weighted by molar-refractivity contribution is 5.91. The van der Waals surface area contributed by atoms with Crippen molar-refractivity contribution in [2.45, 2.75) is 13.8 Å². The van der Waals surface area contributed by atoms with Gasteiger partial charge in [-0.1, -0.05) is 6.58 Å². The highest BCUT2D eigenvalue weighted by atomic mass is 16.2. The molecular weight excluding hydrogens is 142 g/mol. The van der Waals surface area contributed by atoms with Crippen LogP contribution in [-0.2, 0) is 0 Å². The summed E-state index contributed by atoms with van der Waals surface area (Å²) in [6, 6.07) is -0.391. The molecule has 0 atom stereocenters. The van der Waals surface area contributed by atoms with E-state index in [2.05, 4.69) is 11.6 Å². The highest BCUT2D eigenvalue weighted by Gasteiger charge is 2.05. The number of carbonyl (C=O) groups is 1. The van der Waals surface area contributed by atoms with Crippen LogP contribution in [0.4, 0.5) is 4.79 Å². The maximum absolute atomic E-state index is 11.0. The van der Waals surface area contributed by atoms with Gasteiger partial charge in [-0.2, -0.15) is 4.99 Å². The van der Waals surface area contributed by atoms with Crippen molar-refractivity contribution in [1.82, 2.24) is 4.90 Å². The van der Waals surface area contributed by atoms with Gasteiger partial charge >= 0.3 is 6.03 Å². The topological polar surface area (TPSA) is 58.7 Å². The minimum Gasteiger partial charge on any atom is -0.387 e. The van der Waals surface area contributed by atoms with Gasteiger partial charge in [0.1, 0.15) is 5.84 Å². The summed E-state index contributed by atoms with van der Waals surface area (Å²) >= 11 is 0. The van der Waals surface area contributed by atoms with Gasteiger partial charge in [0.15, 0.2) is 0 Å². The number of rotatable bonds is 1. The monoisotopic (exact) mass is 155 g/mol. The minimum absolute atomic E-state index is 0.253. The van der Waals surface area contributed by atoms with E-state index in [0.29, 0.717) is 5.70 Å². The molecule has 4 heteroatoms. The maximum atomic E-state index is 11.0. The molecule has 2 N–H and O–H groups in total. The summed E-state index contributed by atoms with van der Waals surface area (Å²) in [6.45, 7) is 6.86. The standard InChI is InChI=1S/C7H13N3O/c1-5(2)10(4)7(11)9-6(3)8/h1H2,2-4H3,(H2,8,9,11). The van der Waals surface area contributed by atoms with Gasteiger partial charge in [0.2, 0.25) is 0 Å². The van der Waals surface area contributed by atoms with E-state index < -0.39 is 6.03 Å². The Labute approximate surface area is 66.4 Å². The zero-order valence-electron chi connectivity index (χ0n) is 7.09. The van der Waals surface area contributed by atoms with E-state index >= 15 is 0 Å². The second kappa shape index (κ2) is 3.75. The van der Waals surface area contributed by atoms with Gasteiger partial charge in [0.05, 0.1) is 0 Å². The van der Waals surface area contributed by atoms with Crippen molar-refractivity contribution in [3.05, 3.63) is 12.3 Å². The molecule has 0 aromatic carbocycles. The maximum Gasteiger partial charge on any atom is 0.349 e. The molecule has 2 amide bonds. The fourth-order valence-corrected chi connectivity index (χ4v) is 0.389. The first-order valence-corrected chi connectivity index (χ1v) is 3.19. The Balaban J connectivity index is 4.27. The Bertz CT molecular complexity index is 204. The zero-order chi connectivity index (χ0) is 9.02. The smallest absolute Gasteiger partial charge is 0.349 e. The van der Waals surface area contributed by atoms with E-state index in [9.17, 15) is 4.79 Å². The molecule has 0 spiro atoms. The summed E-state index contributed by atoms with van der Waals surface area (Å²) in [5.74, 6) is 0.253. The SMILES string of the molecule is C=C(C)N(C)C(=O)N=C(C)N. The van der Waals surface area contributed by atoms with Crippen molar-refractivity contribution in [3.8, 4) is 0 Å². The van der Waals surface area contributed by atoms with Crippen LogP contribution in [-0.4, -0.2) is 23.8 Å². The van der Waals surface area contributed by atoms with Gasteiger partial charge in [-0.3, -0.25) is 0 Å². The van der Waals surface area contributed by atoms with Crippen molar-refractivity contribution in [1.29, 1.82) is 0 Å². The van der Waals surface area contributed by atoms with Crippen molar-refractivity contribution in [2.24, 2.45) is 10.7 Å². The Morgan fingerprint density at radius 3 is 2.27 bits per heavy atom. The Morgan fingerprint density at radius 2 is 2.00 bits per heavy atom. The zero-order valence-corrected chi connectivity index (χ0v) is 7.09. The van der Waals surface area contributed by atoms with Crippen LogP contribution in [0.3, 0.4) is 0 Å². The number of allylic oxidation sites excluding steroid dienone is 1. The Kier molecular flexibility index (Phi) is 3.30. The number of aliphatic imine (C=N–C) groups is 1. The van der Waals surface area contributed by atoms with Crippen LogP contribution in [0, 0.1) is 0 Å². The number of nitrogens with zero attached hydrogens (tertiary/aromatic N) is 2. The molecule has 62 valence electrons. The summed E-state index contributed by atoms with van der Waals surface area (Å²) in [5.41, 5.74) is 5.84. The molecule has 0 aromatic rings. The summed E-state index contributed by atoms with van der Waals surface area (Å²) in [6.07, 6.45) is 0. The molecule has 11 heavy (non-hydrogen) atoms. The Morgan fingerprint density at radius 1 is 1.55 bits per heavy atom. The molecule has 0 bridgehead atoms. The van der Waals surface area contributed by atoms with Gasteiger partial charge in [0.25, 0.3) is 0 Å². The normalized spacial score (nSPS) is 11.0. The van der Waals surface area contributed by atoms with Crippen molar-refractivity contribution in [2.75, 3.05) is 7.05 Å². The predicted octanol–water partition coefficient (Wildman–Crippen LogP) is 0.949. The van der Waals surface area contributed by atoms with E-state index in [1.807, 2.05) is 0 Å². The highest BCUT2D eigenvalue weighted by Crippen LogP contribution is 1.98. The average molecular weight is 155 g/mol. The van der Waals surface area contributed by atoms with E-state index in [4.69, 9.17) is 5.73 Å². The summed E-state index contributed by atoms with van der Waals surface area (Å²) in [5, 5.41) is 0. The summed E-state index contributed by atoms with van der Waals surface area (Å²) < 4.78 is 0. The molecule has 0 aromatic heterocycles. The number of hydrogen-bond donors (Lipinski definition) is 1. The molecule has 0 aliphatic rings. The molecular formula is C7H13N3O. The largest absolute Gasteiger partial charge is 0.387 e. The number of nitrogens with two attached hydrogens (primary N) is 1.